The van der Waals surface area contributed by atoms with Gasteiger partial charge in [-0.05, 0) is 43.0 Å². The number of benzene rings is 2. The largest absolute Gasteiger partial charge is 0.478 e. The molecule has 0 saturated carbocycles. The lowest BCUT2D eigenvalue weighted by Crippen LogP contribution is -2.06. The van der Waals surface area contributed by atoms with Crippen molar-refractivity contribution in [2.24, 2.45) is 0 Å². The van der Waals surface area contributed by atoms with Crippen LogP contribution in [0.15, 0.2) is 54.6 Å². The van der Waals surface area contributed by atoms with Crippen LogP contribution in [0.1, 0.15) is 91.5 Å². The molecule has 0 bridgehead atoms. The molecule has 4 nitrogen and oxygen atoms in total. The lowest BCUT2D eigenvalue weighted by molar-refractivity contribution is 0.0497. The summed E-state index contributed by atoms with van der Waals surface area (Å²) in [6, 6.07) is 16.4. The van der Waals surface area contributed by atoms with Gasteiger partial charge in [-0.2, -0.15) is 0 Å². The number of aryl methyl sites for hydroxylation is 1. The van der Waals surface area contributed by atoms with Gasteiger partial charge in [0.25, 0.3) is 0 Å². The highest BCUT2D eigenvalue weighted by atomic mass is 16.5. The van der Waals surface area contributed by atoms with Crippen LogP contribution in [0.4, 0.5) is 0 Å². The number of ether oxygens (including phenoxy) is 1. The first-order valence-corrected chi connectivity index (χ1v) is 11.1. The summed E-state index contributed by atoms with van der Waals surface area (Å²) in [5.74, 6) is -1.03. The second-order valence-electron chi connectivity index (χ2n) is 7.34. The lowest BCUT2D eigenvalue weighted by atomic mass is 10.0. The van der Waals surface area contributed by atoms with Gasteiger partial charge >= 0.3 is 11.9 Å². The van der Waals surface area contributed by atoms with Gasteiger partial charge in [-0.1, -0.05) is 88.8 Å². The molecule has 0 atom stereocenters. The van der Waals surface area contributed by atoms with Crippen molar-refractivity contribution >= 4 is 11.9 Å². The monoisotopic (exact) mass is 412 g/mol. The van der Waals surface area contributed by atoms with Crippen molar-refractivity contribution in [3.05, 3.63) is 71.3 Å². The van der Waals surface area contributed by atoms with Gasteiger partial charge in [-0.25, -0.2) is 9.59 Å². The molecular weight excluding hydrogens is 376 g/mol. The van der Waals surface area contributed by atoms with E-state index in [4.69, 9.17) is 9.84 Å². The molecule has 0 aromatic heterocycles. The Balaban J connectivity index is 0.000000300. The van der Waals surface area contributed by atoms with Crippen LogP contribution in [0.25, 0.3) is 0 Å². The minimum absolute atomic E-state index is 0.216. The average molecular weight is 413 g/mol. The van der Waals surface area contributed by atoms with Crippen LogP contribution in [-0.4, -0.2) is 23.7 Å². The van der Waals surface area contributed by atoms with E-state index in [0.717, 1.165) is 31.2 Å². The Kier molecular flexibility index (Phi) is 13.7. The molecule has 0 heterocycles. The molecule has 30 heavy (non-hydrogen) atoms. The predicted octanol–water partition coefficient (Wildman–Crippen LogP) is 6.93. The van der Waals surface area contributed by atoms with Gasteiger partial charge in [-0.15, -0.1) is 0 Å². The number of carboxylic acids is 1. The first-order chi connectivity index (χ1) is 14.6. The number of hydrogen-bond acceptors (Lipinski definition) is 3. The van der Waals surface area contributed by atoms with E-state index >= 15 is 0 Å². The SMILES string of the molecule is CCCCCCOC(=O)c1ccccc1.CCCCCCc1ccccc1C(=O)O. The molecule has 0 amide bonds. The van der Waals surface area contributed by atoms with E-state index in [-0.39, 0.29) is 5.97 Å². The zero-order valence-corrected chi connectivity index (χ0v) is 18.4. The highest BCUT2D eigenvalue weighted by Crippen LogP contribution is 2.13. The standard InChI is InChI=1S/2C13H18O2/c1-2-3-4-8-11-15-13(14)12-9-6-5-7-10-12;1-2-3-4-5-8-11-9-6-7-10-12(11)13(14)15/h5-7,9-10H,2-4,8,11H2,1H3;6-7,9-10H,2-5,8H2,1H3,(H,14,15). The van der Waals surface area contributed by atoms with E-state index < -0.39 is 5.97 Å². The van der Waals surface area contributed by atoms with Gasteiger partial charge in [0.1, 0.15) is 0 Å². The maximum Gasteiger partial charge on any atom is 0.338 e. The molecule has 1 N–H and O–H groups in total. The molecule has 2 aromatic carbocycles. The second kappa shape index (κ2) is 16.2. The highest BCUT2D eigenvalue weighted by Gasteiger charge is 2.07. The van der Waals surface area contributed by atoms with Crippen LogP contribution in [0.3, 0.4) is 0 Å². The molecule has 0 saturated heterocycles. The number of rotatable bonds is 12. The van der Waals surface area contributed by atoms with Crippen LogP contribution in [0.2, 0.25) is 0 Å². The Morgan fingerprint density at radius 3 is 2.00 bits per heavy atom. The normalized spacial score (nSPS) is 10.1. The molecule has 0 aliphatic heterocycles. The summed E-state index contributed by atoms with van der Waals surface area (Å²) in [5.41, 5.74) is 2.04. The van der Waals surface area contributed by atoms with E-state index in [9.17, 15) is 9.59 Å². The van der Waals surface area contributed by atoms with Gasteiger partial charge < -0.3 is 9.84 Å². The average Bonchev–Trinajstić information content (AvgIpc) is 2.77. The van der Waals surface area contributed by atoms with Gasteiger partial charge in [0.05, 0.1) is 17.7 Å². The maximum absolute atomic E-state index is 11.5. The third kappa shape index (κ3) is 10.8. The minimum atomic E-state index is -0.818. The Morgan fingerprint density at radius 1 is 0.767 bits per heavy atom. The Bertz CT molecular complexity index is 725. The molecule has 0 aliphatic carbocycles. The topological polar surface area (TPSA) is 63.6 Å². The molecule has 0 aliphatic rings. The zero-order chi connectivity index (χ0) is 22.0. The van der Waals surface area contributed by atoms with E-state index in [1.165, 1.54) is 32.1 Å². The first kappa shape index (κ1) is 25.4. The molecule has 2 rings (SSSR count). The Hall–Kier alpha value is -2.62. The quantitative estimate of drug-likeness (QED) is 0.303. The third-order valence-electron chi connectivity index (χ3n) is 4.79. The number of unbranched alkanes of at least 4 members (excludes halogenated alkanes) is 6. The van der Waals surface area contributed by atoms with Crippen LogP contribution in [-0.2, 0) is 11.2 Å². The van der Waals surface area contributed by atoms with Crippen molar-refractivity contribution in [2.75, 3.05) is 6.61 Å². The number of aromatic carboxylic acids is 1. The van der Waals surface area contributed by atoms with Crippen LogP contribution in [0, 0.1) is 0 Å². The number of hydrogen-bond donors (Lipinski definition) is 1. The highest BCUT2D eigenvalue weighted by molar-refractivity contribution is 5.89. The van der Waals surface area contributed by atoms with Crippen molar-refractivity contribution in [1.82, 2.24) is 0 Å². The Labute approximate surface area is 181 Å². The summed E-state index contributed by atoms with van der Waals surface area (Å²) in [4.78, 5) is 22.4. The van der Waals surface area contributed by atoms with Gasteiger partial charge in [0.2, 0.25) is 0 Å². The molecule has 0 fully saturated rings. The molecule has 4 heteroatoms. The fraction of sp³-hybridized carbons (Fsp3) is 0.462. The molecule has 164 valence electrons. The number of esters is 1. The zero-order valence-electron chi connectivity index (χ0n) is 18.4. The second-order valence-corrected chi connectivity index (χ2v) is 7.34. The summed E-state index contributed by atoms with van der Waals surface area (Å²) >= 11 is 0. The summed E-state index contributed by atoms with van der Waals surface area (Å²) in [6.07, 6.45) is 10.1. The number of carbonyl (C=O) groups excluding carboxylic acids is 1. The van der Waals surface area contributed by atoms with Crippen LogP contribution in [0.5, 0.6) is 0 Å². The number of carbonyl (C=O) groups is 2. The molecule has 2 aromatic rings. The minimum Gasteiger partial charge on any atom is -0.478 e. The van der Waals surface area contributed by atoms with E-state index in [1.54, 1.807) is 24.3 Å². The number of carboxylic acid groups (broad SMARTS) is 1. The summed E-state index contributed by atoms with van der Waals surface area (Å²) in [5, 5.41) is 8.97. The smallest absolute Gasteiger partial charge is 0.338 e. The lowest BCUT2D eigenvalue weighted by Gasteiger charge is -2.05. The summed E-state index contributed by atoms with van der Waals surface area (Å²) in [7, 11) is 0. The molecule has 0 spiro atoms. The van der Waals surface area contributed by atoms with Crippen molar-refractivity contribution in [3.8, 4) is 0 Å². The van der Waals surface area contributed by atoms with Gasteiger partial charge in [0.15, 0.2) is 0 Å². The van der Waals surface area contributed by atoms with Crippen molar-refractivity contribution in [2.45, 2.75) is 71.6 Å². The van der Waals surface area contributed by atoms with Crippen molar-refractivity contribution in [1.29, 1.82) is 0 Å². The van der Waals surface area contributed by atoms with Gasteiger partial charge in [-0.3, -0.25) is 0 Å². The van der Waals surface area contributed by atoms with Gasteiger partial charge in [0, 0.05) is 0 Å². The molecular formula is C26H36O4. The van der Waals surface area contributed by atoms with E-state index in [1.807, 2.05) is 30.3 Å². The van der Waals surface area contributed by atoms with Crippen molar-refractivity contribution in [3.63, 3.8) is 0 Å². The molecule has 0 radical (unpaired) electrons. The molecule has 0 unspecified atom stereocenters. The first-order valence-electron chi connectivity index (χ1n) is 11.1. The summed E-state index contributed by atoms with van der Waals surface area (Å²) in [6.45, 7) is 4.87. The Morgan fingerprint density at radius 2 is 1.37 bits per heavy atom. The summed E-state index contributed by atoms with van der Waals surface area (Å²) < 4.78 is 5.14. The fourth-order valence-corrected chi connectivity index (χ4v) is 3.04. The van der Waals surface area contributed by atoms with E-state index in [0.29, 0.717) is 17.7 Å². The van der Waals surface area contributed by atoms with Crippen LogP contribution < -0.4 is 0 Å². The fourth-order valence-electron chi connectivity index (χ4n) is 3.04. The third-order valence-corrected chi connectivity index (χ3v) is 4.79. The van der Waals surface area contributed by atoms with E-state index in [2.05, 4.69) is 13.8 Å². The van der Waals surface area contributed by atoms with Crippen LogP contribution >= 0.6 is 0 Å². The van der Waals surface area contributed by atoms with Crippen molar-refractivity contribution < 1.29 is 19.4 Å². The predicted molar refractivity (Wildman–Crippen MR) is 122 cm³/mol. The maximum atomic E-state index is 11.5.